The molecule has 1 amide bonds. The van der Waals surface area contributed by atoms with Gasteiger partial charge >= 0.3 is 0 Å². The maximum absolute atomic E-state index is 10.8. The van der Waals surface area contributed by atoms with E-state index in [9.17, 15) is 9.59 Å². The lowest BCUT2D eigenvalue weighted by Gasteiger charge is -1.96. The molecule has 0 aliphatic heterocycles. The van der Waals surface area contributed by atoms with Gasteiger partial charge in [-0.15, -0.1) is 0 Å². The van der Waals surface area contributed by atoms with Crippen LogP contribution in [0.4, 0.5) is 0 Å². The van der Waals surface area contributed by atoms with Crippen molar-refractivity contribution in [3.05, 3.63) is 41.5 Å². The van der Waals surface area contributed by atoms with Gasteiger partial charge in [-0.1, -0.05) is 18.2 Å². The van der Waals surface area contributed by atoms with E-state index in [1.54, 1.807) is 30.3 Å². The Morgan fingerprint density at radius 1 is 1.38 bits per heavy atom. The van der Waals surface area contributed by atoms with Crippen molar-refractivity contribution in [1.29, 1.82) is 0 Å². The topological polar surface area (TPSA) is 60.2 Å². The van der Waals surface area contributed by atoms with Crippen LogP contribution in [-0.4, -0.2) is 12.2 Å². The molecule has 66 valence electrons. The maximum atomic E-state index is 10.8. The van der Waals surface area contributed by atoms with Crippen LogP contribution in [0.25, 0.3) is 6.08 Å². The van der Waals surface area contributed by atoms with Crippen LogP contribution in [0.2, 0.25) is 0 Å². The fraction of sp³-hybridized carbons (Fsp3) is 0. The summed E-state index contributed by atoms with van der Waals surface area (Å²) >= 11 is 0. The molecule has 1 rings (SSSR count). The van der Waals surface area contributed by atoms with E-state index in [-0.39, 0.29) is 0 Å². The van der Waals surface area contributed by atoms with Gasteiger partial charge in [-0.2, -0.15) is 0 Å². The van der Waals surface area contributed by atoms with E-state index < -0.39 is 5.91 Å². The van der Waals surface area contributed by atoms with E-state index in [1.807, 2.05) is 0 Å². The van der Waals surface area contributed by atoms with Crippen molar-refractivity contribution in [2.75, 3.05) is 0 Å². The molecule has 0 saturated carbocycles. The summed E-state index contributed by atoms with van der Waals surface area (Å²) in [6.07, 6.45) is 3.65. The van der Waals surface area contributed by atoms with Gasteiger partial charge in [-0.3, -0.25) is 9.59 Å². The molecule has 0 radical (unpaired) electrons. The Morgan fingerprint density at radius 2 is 2.15 bits per heavy atom. The monoisotopic (exact) mass is 175 g/mol. The Labute approximate surface area is 75.9 Å². The van der Waals surface area contributed by atoms with Gasteiger partial charge in [-0.25, -0.2) is 0 Å². The van der Waals surface area contributed by atoms with Crippen LogP contribution in [0.5, 0.6) is 0 Å². The van der Waals surface area contributed by atoms with E-state index >= 15 is 0 Å². The molecule has 1 aromatic carbocycles. The average Bonchev–Trinajstić information content (AvgIpc) is 2.15. The highest BCUT2D eigenvalue weighted by atomic mass is 16.1. The van der Waals surface area contributed by atoms with Crippen LogP contribution in [0.1, 0.15) is 15.9 Å². The molecule has 0 unspecified atom stereocenters. The molecule has 0 atom stereocenters. The standard InChI is InChI=1S/C10H9NO2/c11-10(13)9-5-1-3-8(7-9)4-2-6-12/h1-7H,(H2,11,13)/b4-2+. The third kappa shape index (κ3) is 2.56. The lowest BCUT2D eigenvalue weighted by molar-refractivity contribution is -0.104. The molecule has 3 nitrogen and oxygen atoms in total. The van der Waals surface area contributed by atoms with Crippen molar-refractivity contribution in [1.82, 2.24) is 0 Å². The Morgan fingerprint density at radius 3 is 2.77 bits per heavy atom. The van der Waals surface area contributed by atoms with Crippen molar-refractivity contribution in [3.63, 3.8) is 0 Å². The molecule has 2 N–H and O–H groups in total. The number of aldehydes is 1. The highest BCUT2D eigenvalue weighted by molar-refractivity contribution is 5.93. The Kier molecular flexibility index (Phi) is 2.97. The van der Waals surface area contributed by atoms with Gasteiger partial charge in [0.25, 0.3) is 0 Å². The predicted molar refractivity (Wildman–Crippen MR) is 50.1 cm³/mol. The molecule has 0 spiro atoms. The Hall–Kier alpha value is -1.90. The predicted octanol–water partition coefficient (Wildman–Crippen LogP) is 0.998. The number of allylic oxidation sites excluding steroid dienone is 1. The zero-order chi connectivity index (χ0) is 9.68. The summed E-state index contributed by atoms with van der Waals surface area (Å²) < 4.78 is 0. The minimum Gasteiger partial charge on any atom is -0.366 e. The van der Waals surface area contributed by atoms with Gasteiger partial charge in [0.15, 0.2) is 0 Å². The lowest BCUT2D eigenvalue weighted by Crippen LogP contribution is -2.10. The molecule has 0 aromatic heterocycles. The number of amides is 1. The number of rotatable bonds is 3. The molecular formula is C10H9NO2. The van der Waals surface area contributed by atoms with Crippen molar-refractivity contribution >= 4 is 18.3 Å². The smallest absolute Gasteiger partial charge is 0.248 e. The van der Waals surface area contributed by atoms with Gasteiger partial charge in [0.1, 0.15) is 6.29 Å². The summed E-state index contributed by atoms with van der Waals surface area (Å²) in [5.74, 6) is -0.471. The first kappa shape index (κ1) is 9.19. The van der Waals surface area contributed by atoms with Gasteiger partial charge in [0, 0.05) is 5.56 Å². The van der Waals surface area contributed by atoms with Crippen molar-refractivity contribution in [2.45, 2.75) is 0 Å². The minimum atomic E-state index is -0.471. The second kappa shape index (κ2) is 4.21. The summed E-state index contributed by atoms with van der Waals surface area (Å²) in [7, 11) is 0. The number of carbonyl (C=O) groups is 2. The number of hydrogen-bond acceptors (Lipinski definition) is 2. The zero-order valence-corrected chi connectivity index (χ0v) is 6.94. The fourth-order valence-corrected chi connectivity index (χ4v) is 0.946. The Balaban J connectivity index is 2.98. The first-order valence-electron chi connectivity index (χ1n) is 3.76. The Bertz CT molecular complexity index is 356. The van der Waals surface area contributed by atoms with E-state index in [1.165, 1.54) is 6.08 Å². The van der Waals surface area contributed by atoms with E-state index in [2.05, 4.69) is 0 Å². The molecule has 0 fully saturated rings. The van der Waals surface area contributed by atoms with Crippen LogP contribution >= 0.6 is 0 Å². The highest BCUT2D eigenvalue weighted by Gasteiger charge is 1.98. The first-order valence-corrected chi connectivity index (χ1v) is 3.76. The molecule has 1 aromatic rings. The number of carbonyl (C=O) groups excluding carboxylic acids is 2. The molecule has 0 bridgehead atoms. The lowest BCUT2D eigenvalue weighted by atomic mass is 10.1. The van der Waals surface area contributed by atoms with Crippen molar-refractivity contribution in [2.24, 2.45) is 5.73 Å². The summed E-state index contributed by atoms with van der Waals surface area (Å²) in [6, 6.07) is 6.75. The van der Waals surface area contributed by atoms with Crippen LogP contribution in [0.15, 0.2) is 30.3 Å². The third-order valence-electron chi connectivity index (χ3n) is 1.54. The number of nitrogens with two attached hydrogens (primary N) is 1. The summed E-state index contributed by atoms with van der Waals surface area (Å²) in [6.45, 7) is 0. The van der Waals surface area contributed by atoms with Crippen LogP contribution < -0.4 is 5.73 Å². The number of benzene rings is 1. The largest absolute Gasteiger partial charge is 0.366 e. The minimum absolute atomic E-state index is 0.438. The van der Waals surface area contributed by atoms with Gasteiger partial charge < -0.3 is 5.73 Å². The molecule has 0 aliphatic carbocycles. The van der Waals surface area contributed by atoms with Crippen LogP contribution in [0, 0.1) is 0 Å². The second-order valence-electron chi connectivity index (χ2n) is 2.48. The maximum Gasteiger partial charge on any atom is 0.248 e. The van der Waals surface area contributed by atoms with E-state index in [4.69, 9.17) is 5.73 Å². The van der Waals surface area contributed by atoms with Crippen molar-refractivity contribution in [3.8, 4) is 0 Å². The summed E-state index contributed by atoms with van der Waals surface area (Å²) in [4.78, 5) is 20.8. The van der Waals surface area contributed by atoms with Gasteiger partial charge in [0.05, 0.1) is 0 Å². The second-order valence-corrected chi connectivity index (χ2v) is 2.48. The van der Waals surface area contributed by atoms with Gasteiger partial charge in [-0.05, 0) is 23.8 Å². The molecule has 13 heavy (non-hydrogen) atoms. The highest BCUT2D eigenvalue weighted by Crippen LogP contribution is 2.05. The van der Waals surface area contributed by atoms with E-state index in [0.29, 0.717) is 11.8 Å². The van der Waals surface area contributed by atoms with E-state index in [0.717, 1.165) is 5.56 Å². The quantitative estimate of drug-likeness (QED) is 0.550. The number of primary amides is 1. The third-order valence-corrected chi connectivity index (χ3v) is 1.54. The first-order chi connectivity index (χ1) is 6.24. The average molecular weight is 175 g/mol. The zero-order valence-electron chi connectivity index (χ0n) is 6.94. The molecule has 0 saturated heterocycles. The summed E-state index contributed by atoms with van der Waals surface area (Å²) in [5.41, 5.74) is 6.30. The molecule has 0 aliphatic rings. The molecule has 3 heteroatoms. The van der Waals surface area contributed by atoms with Crippen LogP contribution in [0.3, 0.4) is 0 Å². The molecular weight excluding hydrogens is 166 g/mol. The number of hydrogen-bond donors (Lipinski definition) is 1. The van der Waals surface area contributed by atoms with Gasteiger partial charge in [0.2, 0.25) is 5.91 Å². The molecule has 0 heterocycles. The fourth-order valence-electron chi connectivity index (χ4n) is 0.946. The van der Waals surface area contributed by atoms with Crippen LogP contribution in [-0.2, 0) is 4.79 Å². The van der Waals surface area contributed by atoms with Crippen molar-refractivity contribution < 1.29 is 9.59 Å². The SMILES string of the molecule is NC(=O)c1cccc(/C=C/C=O)c1. The normalized spacial score (nSPS) is 10.2. The summed E-state index contributed by atoms with van der Waals surface area (Å²) in [5, 5.41) is 0.